The zero-order valence-electron chi connectivity index (χ0n) is 17.9. The van der Waals surface area contributed by atoms with E-state index in [1.54, 1.807) is 6.07 Å². The fourth-order valence-electron chi connectivity index (χ4n) is 5.54. The first kappa shape index (κ1) is 21.2. The molecule has 2 aliphatic heterocycles. The first-order chi connectivity index (χ1) is 14.2. The highest BCUT2D eigenvalue weighted by atomic mass is 19.1. The van der Waals surface area contributed by atoms with Crippen LogP contribution < -0.4 is 0 Å². The van der Waals surface area contributed by atoms with E-state index in [0.717, 1.165) is 36.7 Å². The van der Waals surface area contributed by atoms with Gasteiger partial charge in [-0.05, 0) is 94.1 Å². The van der Waals surface area contributed by atoms with E-state index in [1.807, 2.05) is 0 Å². The van der Waals surface area contributed by atoms with E-state index in [9.17, 15) is 8.78 Å². The second-order valence-electron chi connectivity index (χ2n) is 9.91. The minimum absolute atomic E-state index is 0.391. The van der Waals surface area contributed by atoms with Gasteiger partial charge in [-0.3, -0.25) is 0 Å². The van der Waals surface area contributed by atoms with Gasteiger partial charge in [0, 0.05) is 19.2 Å². The van der Waals surface area contributed by atoms with Crippen molar-refractivity contribution < 1.29 is 8.78 Å². The summed E-state index contributed by atoms with van der Waals surface area (Å²) in [6.07, 6.45) is 12.7. The number of rotatable bonds is 9. The summed E-state index contributed by atoms with van der Waals surface area (Å²) in [7, 11) is 0. The van der Waals surface area contributed by atoms with Crippen LogP contribution in [0.1, 0.15) is 63.4 Å². The Bertz CT molecular complexity index is 638. The smallest absolute Gasteiger partial charge is 0.129 e. The van der Waals surface area contributed by atoms with Crippen LogP contribution in [0.15, 0.2) is 18.2 Å². The zero-order valence-corrected chi connectivity index (χ0v) is 17.9. The summed E-state index contributed by atoms with van der Waals surface area (Å²) in [5.74, 6) is 1.81. The summed E-state index contributed by atoms with van der Waals surface area (Å²) in [6.45, 7) is 7.71. The Morgan fingerprint density at radius 2 is 1.55 bits per heavy atom. The number of hydrogen-bond acceptors (Lipinski definition) is 2. The molecular weight excluding hydrogens is 366 g/mol. The minimum Gasteiger partial charge on any atom is -0.303 e. The number of nitrogens with zero attached hydrogens (tertiary/aromatic N) is 2. The highest BCUT2D eigenvalue weighted by Gasteiger charge is 2.27. The topological polar surface area (TPSA) is 6.48 Å². The number of halogens is 2. The molecule has 2 heterocycles. The molecule has 4 heteroatoms. The van der Waals surface area contributed by atoms with Crippen molar-refractivity contribution in [3.63, 3.8) is 0 Å². The summed E-state index contributed by atoms with van der Waals surface area (Å²) >= 11 is 0. The molecule has 1 aromatic carbocycles. The van der Waals surface area contributed by atoms with Crippen LogP contribution in [-0.4, -0.2) is 49.1 Å². The van der Waals surface area contributed by atoms with Gasteiger partial charge in [-0.2, -0.15) is 0 Å². The Morgan fingerprint density at radius 1 is 0.828 bits per heavy atom. The molecule has 1 aromatic rings. The molecule has 4 rings (SSSR count). The Kier molecular flexibility index (Phi) is 7.58. The number of hydrogen-bond donors (Lipinski definition) is 0. The molecule has 0 aromatic heterocycles. The third-order valence-electron chi connectivity index (χ3n) is 7.75. The highest BCUT2D eigenvalue weighted by Crippen LogP contribution is 2.30. The van der Waals surface area contributed by atoms with Crippen LogP contribution in [0.3, 0.4) is 0 Å². The standard InChI is InChI=1S/C25H38F2N2/c26-24-8-7-23(25(27)17-24)6-2-5-21-10-14-28(15-11-21)18-22-12-16-29(19-22)13-9-20-3-1-4-20/h7-8,17,20-22H,1-6,9-16,18-19H2/t22-/m0/s1. The molecule has 0 spiro atoms. The largest absolute Gasteiger partial charge is 0.303 e. The van der Waals surface area contributed by atoms with Gasteiger partial charge in [-0.1, -0.05) is 31.7 Å². The Morgan fingerprint density at radius 3 is 2.28 bits per heavy atom. The lowest BCUT2D eigenvalue weighted by atomic mass is 9.83. The van der Waals surface area contributed by atoms with Crippen molar-refractivity contribution in [3.8, 4) is 0 Å². The second-order valence-corrected chi connectivity index (χ2v) is 9.91. The molecule has 29 heavy (non-hydrogen) atoms. The predicted molar refractivity (Wildman–Crippen MR) is 115 cm³/mol. The van der Waals surface area contributed by atoms with Crippen molar-refractivity contribution in [3.05, 3.63) is 35.4 Å². The molecule has 2 saturated heterocycles. The maximum absolute atomic E-state index is 13.7. The first-order valence-corrected chi connectivity index (χ1v) is 12.0. The van der Waals surface area contributed by atoms with Crippen LogP contribution >= 0.6 is 0 Å². The Balaban J connectivity index is 1.08. The molecule has 0 unspecified atom stereocenters. The van der Waals surface area contributed by atoms with Gasteiger partial charge < -0.3 is 9.80 Å². The Hall–Kier alpha value is -1.00. The average Bonchev–Trinajstić information content (AvgIpc) is 3.11. The molecule has 1 saturated carbocycles. The van der Waals surface area contributed by atoms with Crippen LogP contribution in [0, 0.1) is 29.4 Å². The highest BCUT2D eigenvalue weighted by molar-refractivity contribution is 5.18. The van der Waals surface area contributed by atoms with Crippen molar-refractivity contribution in [2.24, 2.45) is 17.8 Å². The van der Waals surface area contributed by atoms with Gasteiger partial charge in [0.25, 0.3) is 0 Å². The summed E-state index contributed by atoms with van der Waals surface area (Å²) in [5.41, 5.74) is 0.659. The average molecular weight is 405 g/mol. The SMILES string of the molecule is Fc1ccc(CCCC2CCN(C[C@@H]3CCN(CCC4CCC4)C3)CC2)c(F)c1. The van der Waals surface area contributed by atoms with Crippen LogP contribution in [0.25, 0.3) is 0 Å². The summed E-state index contributed by atoms with van der Waals surface area (Å²) in [5, 5.41) is 0. The fourth-order valence-corrected chi connectivity index (χ4v) is 5.54. The quantitative estimate of drug-likeness (QED) is 0.535. The van der Waals surface area contributed by atoms with Crippen LogP contribution in [-0.2, 0) is 6.42 Å². The maximum atomic E-state index is 13.7. The van der Waals surface area contributed by atoms with E-state index < -0.39 is 11.6 Å². The van der Waals surface area contributed by atoms with E-state index >= 15 is 0 Å². The lowest BCUT2D eigenvalue weighted by Gasteiger charge is -2.33. The zero-order chi connectivity index (χ0) is 20.1. The van der Waals surface area contributed by atoms with Gasteiger partial charge in [-0.15, -0.1) is 0 Å². The molecule has 3 fully saturated rings. The molecule has 2 nitrogen and oxygen atoms in total. The van der Waals surface area contributed by atoms with Crippen molar-refractivity contribution in [2.75, 3.05) is 39.3 Å². The van der Waals surface area contributed by atoms with Gasteiger partial charge in [0.2, 0.25) is 0 Å². The van der Waals surface area contributed by atoms with Crippen molar-refractivity contribution in [1.29, 1.82) is 0 Å². The number of benzene rings is 1. The van der Waals surface area contributed by atoms with Crippen molar-refractivity contribution in [2.45, 2.75) is 64.2 Å². The van der Waals surface area contributed by atoms with Gasteiger partial charge in [0.1, 0.15) is 11.6 Å². The van der Waals surface area contributed by atoms with Crippen LogP contribution in [0.5, 0.6) is 0 Å². The van der Waals surface area contributed by atoms with E-state index in [-0.39, 0.29) is 0 Å². The predicted octanol–water partition coefficient (Wildman–Crippen LogP) is 5.51. The monoisotopic (exact) mass is 404 g/mol. The number of likely N-dealkylation sites (tertiary alicyclic amines) is 2. The molecule has 1 aliphatic carbocycles. The van der Waals surface area contributed by atoms with Crippen LogP contribution in [0.2, 0.25) is 0 Å². The summed E-state index contributed by atoms with van der Waals surface area (Å²) < 4.78 is 26.8. The van der Waals surface area contributed by atoms with Gasteiger partial charge >= 0.3 is 0 Å². The van der Waals surface area contributed by atoms with Crippen molar-refractivity contribution >= 4 is 0 Å². The Labute approximate surface area is 175 Å². The summed E-state index contributed by atoms with van der Waals surface area (Å²) in [6, 6.07) is 3.98. The normalized spacial score (nSPS) is 24.8. The van der Waals surface area contributed by atoms with Gasteiger partial charge in [0.05, 0.1) is 0 Å². The number of piperidine rings is 1. The maximum Gasteiger partial charge on any atom is 0.129 e. The molecule has 0 N–H and O–H groups in total. The van der Waals surface area contributed by atoms with E-state index in [2.05, 4.69) is 9.80 Å². The molecule has 1 atom stereocenters. The molecule has 3 aliphatic rings. The lowest BCUT2D eigenvalue weighted by molar-refractivity contribution is 0.153. The van der Waals surface area contributed by atoms with Gasteiger partial charge in [-0.25, -0.2) is 8.78 Å². The summed E-state index contributed by atoms with van der Waals surface area (Å²) in [4.78, 5) is 5.40. The van der Waals surface area contributed by atoms with E-state index in [4.69, 9.17) is 0 Å². The molecule has 162 valence electrons. The first-order valence-electron chi connectivity index (χ1n) is 12.0. The third kappa shape index (κ3) is 6.24. The molecule has 0 radical (unpaired) electrons. The number of aryl methyl sites for hydroxylation is 1. The lowest BCUT2D eigenvalue weighted by Crippen LogP contribution is -2.38. The van der Waals surface area contributed by atoms with E-state index in [0.29, 0.717) is 5.56 Å². The van der Waals surface area contributed by atoms with Crippen LogP contribution in [0.4, 0.5) is 8.78 Å². The molecule has 0 amide bonds. The van der Waals surface area contributed by atoms with Gasteiger partial charge in [0.15, 0.2) is 0 Å². The van der Waals surface area contributed by atoms with Crippen molar-refractivity contribution in [1.82, 2.24) is 9.80 Å². The third-order valence-corrected chi connectivity index (χ3v) is 7.75. The molecular formula is C25H38F2N2. The second kappa shape index (κ2) is 10.3. The molecule has 0 bridgehead atoms. The fraction of sp³-hybridized carbons (Fsp3) is 0.760. The minimum atomic E-state index is -0.484. The van der Waals surface area contributed by atoms with E-state index in [1.165, 1.54) is 96.7 Å².